The van der Waals surface area contributed by atoms with Gasteiger partial charge in [-0.1, -0.05) is 25.3 Å². The smallest absolute Gasteiger partial charge is 0.337 e. The van der Waals surface area contributed by atoms with E-state index in [0.29, 0.717) is 99.8 Å². The molecule has 0 unspecified atom stereocenters. The van der Waals surface area contributed by atoms with Crippen molar-refractivity contribution < 1.29 is 47.8 Å². The number of fused-ring (bicyclic) bond motifs is 1. The topological polar surface area (TPSA) is 176 Å². The number of amides is 4. The van der Waals surface area contributed by atoms with Crippen LogP contribution in [0.25, 0.3) is 5.65 Å². The maximum atomic E-state index is 13.3. The van der Waals surface area contributed by atoms with Crippen molar-refractivity contribution in [3.05, 3.63) is 64.6 Å². The molecule has 1 aliphatic heterocycles. The summed E-state index contributed by atoms with van der Waals surface area (Å²) in [7, 11) is 0. The number of carbonyl (C=O) groups is 5. The number of nitrogens with one attached hydrogen (secondary N) is 2. The molecule has 15 heteroatoms. The third kappa shape index (κ3) is 12.7. The Bertz CT molecular complexity index is 1770. The quantitative estimate of drug-likeness (QED) is 0.112. The zero-order valence-corrected chi connectivity index (χ0v) is 31.9. The first-order chi connectivity index (χ1) is 26.7. The molecule has 0 spiro atoms. The summed E-state index contributed by atoms with van der Waals surface area (Å²) in [6.45, 7) is 7.79. The molecule has 0 radical (unpaired) electrons. The summed E-state index contributed by atoms with van der Waals surface area (Å²) < 4.78 is 24.2. The highest BCUT2D eigenvalue weighted by atomic mass is 16.7. The molecule has 1 aliphatic carbocycles. The lowest BCUT2D eigenvalue weighted by Crippen LogP contribution is -2.34. The summed E-state index contributed by atoms with van der Waals surface area (Å²) in [6.07, 6.45) is 8.26. The molecule has 2 fully saturated rings. The lowest BCUT2D eigenvalue weighted by Gasteiger charge is -2.20. The molecular formula is C40H53N5O10. The number of hydrogen-bond donors (Lipinski definition) is 2. The van der Waals surface area contributed by atoms with Gasteiger partial charge in [-0.05, 0) is 74.9 Å². The second-order valence-electron chi connectivity index (χ2n) is 13.8. The highest BCUT2D eigenvalue weighted by molar-refractivity contribution is 6.08. The van der Waals surface area contributed by atoms with Gasteiger partial charge in [-0.25, -0.2) is 9.78 Å². The minimum atomic E-state index is -0.762. The van der Waals surface area contributed by atoms with E-state index in [1.54, 1.807) is 24.4 Å². The normalized spacial score (nSPS) is 14.8. The lowest BCUT2D eigenvalue weighted by atomic mass is 9.89. The van der Waals surface area contributed by atoms with Crippen LogP contribution < -0.4 is 10.6 Å². The van der Waals surface area contributed by atoms with Gasteiger partial charge in [-0.15, -0.1) is 5.06 Å². The minimum absolute atomic E-state index is 0.000243. The van der Waals surface area contributed by atoms with Gasteiger partial charge in [0, 0.05) is 55.2 Å². The van der Waals surface area contributed by atoms with Crippen LogP contribution in [-0.2, 0) is 55.8 Å². The van der Waals surface area contributed by atoms with E-state index >= 15 is 0 Å². The molecule has 1 aromatic carbocycles. The van der Waals surface area contributed by atoms with Crippen molar-refractivity contribution in [1.29, 1.82) is 0 Å². The fourth-order valence-electron chi connectivity index (χ4n) is 6.71. The maximum absolute atomic E-state index is 13.3. The van der Waals surface area contributed by atoms with E-state index in [4.69, 9.17) is 23.8 Å². The Morgan fingerprint density at radius 1 is 0.800 bits per heavy atom. The van der Waals surface area contributed by atoms with E-state index in [9.17, 15) is 24.0 Å². The molecule has 5 rings (SSSR count). The first kappa shape index (κ1) is 41.5. The van der Waals surface area contributed by atoms with Gasteiger partial charge in [0.05, 0.1) is 58.2 Å². The number of imide groups is 1. The molecule has 1 saturated carbocycles. The summed E-state index contributed by atoms with van der Waals surface area (Å²) >= 11 is 0. The Hall–Kier alpha value is -4.70. The molecular weight excluding hydrogens is 710 g/mol. The summed E-state index contributed by atoms with van der Waals surface area (Å²) in [4.78, 5) is 72.1. The largest absolute Gasteiger partial charge is 0.379 e. The fraction of sp³-hybridized carbons (Fsp3) is 0.550. The van der Waals surface area contributed by atoms with Crippen LogP contribution in [0.5, 0.6) is 0 Å². The number of aryl methyl sites for hydroxylation is 3. The number of aromatic nitrogens is 2. The van der Waals surface area contributed by atoms with Crippen LogP contribution in [0.3, 0.4) is 0 Å². The van der Waals surface area contributed by atoms with Gasteiger partial charge >= 0.3 is 5.97 Å². The summed E-state index contributed by atoms with van der Waals surface area (Å²) in [5.74, 6) is -1.93. The zero-order valence-electron chi connectivity index (χ0n) is 31.9. The molecule has 298 valence electrons. The summed E-state index contributed by atoms with van der Waals surface area (Å²) in [6, 6.07) is 8.94. The monoisotopic (exact) mass is 763 g/mol. The van der Waals surface area contributed by atoms with E-state index < -0.39 is 17.8 Å². The number of hydrogen-bond acceptors (Lipinski definition) is 11. The van der Waals surface area contributed by atoms with Gasteiger partial charge in [0.15, 0.2) is 0 Å². The second kappa shape index (κ2) is 21.4. The average molecular weight is 764 g/mol. The first-order valence-electron chi connectivity index (χ1n) is 19.2. The fourth-order valence-corrected chi connectivity index (χ4v) is 6.71. The van der Waals surface area contributed by atoms with Gasteiger partial charge in [0.1, 0.15) is 5.65 Å². The van der Waals surface area contributed by atoms with Crippen molar-refractivity contribution in [2.24, 2.45) is 5.92 Å². The van der Waals surface area contributed by atoms with Crippen LogP contribution in [0.2, 0.25) is 0 Å². The standard InChI is InChI=1S/C40H53N5O10/c1-28-25-29(2)44-16-14-34(38(44)42-28)40(50)43-33-11-10-30(32(26-33)27-37(48)55-45-35(46)12-13-36(45)47)9-6-17-51-19-21-53-23-24-54-22-20-52-18-15-41-39(49)31-7-4-3-5-8-31/h10-11,14,16,25-26,31H,3-9,12-13,15,17-24,27H2,1-2H3,(H,41,49)(H,43,50). The van der Waals surface area contributed by atoms with Crippen molar-refractivity contribution in [2.75, 3.05) is 64.7 Å². The SMILES string of the molecule is Cc1cc(C)n2ccc(C(=O)Nc3ccc(CCCOCCOCCOCCOCCNC(=O)C4CCCCC4)c(CC(=O)ON4C(=O)CCC4=O)c3)c2n1. The molecule has 2 N–H and O–H groups in total. The Kier molecular flexibility index (Phi) is 16.1. The zero-order chi connectivity index (χ0) is 39.0. The number of hydroxylamine groups is 2. The number of ether oxygens (including phenoxy) is 4. The van der Waals surface area contributed by atoms with Crippen molar-refractivity contribution >= 4 is 40.9 Å². The number of benzene rings is 1. The highest BCUT2D eigenvalue weighted by Gasteiger charge is 2.33. The van der Waals surface area contributed by atoms with Crippen LogP contribution in [-0.4, -0.2) is 103 Å². The number of rotatable bonds is 22. The van der Waals surface area contributed by atoms with Crippen LogP contribution in [0, 0.1) is 19.8 Å². The predicted octanol–water partition coefficient (Wildman–Crippen LogP) is 4.05. The molecule has 2 aromatic heterocycles. The van der Waals surface area contributed by atoms with Gasteiger partial charge in [-0.2, -0.15) is 0 Å². The Morgan fingerprint density at radius 3 is 2.15 bits per heavy atom. The second-order valence-corrected chi connectivity index (χ2v) is 13.8. The number of carbonyl (C=O) groups excluding carboxylic acids is 5. The molecule has 0 bridgehead atoms. The van der Waals surface area contributed by atoms with Crippen molar-refractivity contribution in [2.45, 2.75) is 78.1 Å². The molecule has 55 heavy (non-hydrogen) atoms. The Morgan fingerprint density at radius 2 is 1.45 bits per heavy atom. The molecule has 2 aliphatic rings. The van der Waals surface area contributed by atoms with E-state index in [1.807, 2.05) is 30.4 Å². The number of nitrogens with zero attached hydrogens (tertiary/aromatic N) is 3. The molecule has 1 saturated heterocycles. The summed E-state index contributed by atoms with van der Waals surface area (Å²) in [5, 5.41) is 6.40. The van der Waals surface area contributed by atoms with Crippen LogP contribution in [0.1, 0.15) is 84.2 Å². The van der Waals surface area contributed by atoms with E-state index in [1.165, 1.54) is 6.42 Å². The minimum Gasteiger partial charge on any atom is -0.379 e. The van der Waals surface area contributed by atoms with Crippen molar-refractivity contribution in [3.63, 3.8) is 0 Å². The Balaban J connectivity index is 0.997. The Labute approximate surface area is 321 Å². The van der Waals surface area contributed by atoms with Gasteiger partial charge in [-0.3, -0.25) is 19.2 Å². The number of anilines is 1. The van der Waals surface area contributed by atoms with Crippen molar-refractivity contribution in [1.82, 2.24) is 19.8 Å². The third-order valence-electron chi connectivity index (χ3n) is 9.55. The summed E-state index contributed by atoms with van der Waals surface area (Å²) in [5.41, 5.74) is 4.58. The van der Waals surface area contributed by atoms with Crippen LogP contribution in [0.4, 0.5) is 5.69 Å². The van der Waals surface area contributed by atoms with Gasteiger partial charge in [0.25, 0.3) is 17.7 Å². The molecule has 3 heterocycles. The molecule has 0 atom stereocenters. The van der Waals surface area contributed by atoms with E-state index in [2.05, 4.69) is 15.6 Å². The van der Waals surface area contributed by atoms with Gasteiger partial charge in [0.2, 0.25) is 5.91 Å². The van der Waals surface area contributed by atoms with Crippen LogP contribution in [0.15, 0.2) is 36.5 Å². The maximum Gasteiger partial charge on any atom is 0.337 e. The first-order valence-corrected chi connectivity index (χ1v) is 19.2. The molecule has 3 aromatic rings. The van der Waals surface area contributed by atoms with Crippen molar-refractivity contribution in [3.8, 4) is 0 Å². The average Bonchev–Trinajstić information content (AvgIpc) is 3.74. The van der Waals surface area contributed by atoms with E-state index in [0.717, 1.165) is 42.6 Å². The highest BCUT2D eigenvalue weighted by Crippen LogP contribution is 2.24. The van der Waals surface area contributed by atoms with Crippen LogP contribution >= 0.6 is 0 Å². The lowest BCUT2D eigenvalue weighted by molar-refractivity contribution is -0.197. The third-order valence-corrected chi connectivity index (χ3v) is 9.55. The molecule has 4 amide bonds. The molecule has 15 nitrogen and oxygen atoms in total. The van der Waals surface area contributed by atoms with Gasteiger partial charge < -0.3 is 38.8 Å². The predicted molar refractivity (Wildman–Crippen MR) is 201 cm³/mol. The van der Waals surface area contributed by atoms with E-state index in [-0.39, 0.29) is 37.0 Å².